The average Bonchev–Trinajstić information content (AvgIpc) is 3.70. The summed E-state index contributed by atoms with van der Waals surface area (Å²) in [4.78, 5) is 10.2. The van der Waals surface area contributed by atoms with Crippen molar-refractivity contribution in [2.75, 3.05) is 6.54 Å². The summed E-state index contributed by atoms with van der Waals surface area (Å²) in [6.07, 6.45) is 7.65. The van der Waals surface area contributed by atoms with E-state index in [9.17, 15) is 0 Å². The Morgan fingerprint density at radius 2 is 1.47 bits per heavy atom. The molecule has 0 saturated heterocycles. The Balaban J connectivity index is 1.18. The fourth-order valence-corrected chi connectivity index (χ4v) is 8.59. The number of thiophene rings is 1. The lowest BCUT2D eigenvalue weighted by Gasteiger charge is -2.15. The van der Waals surface area contributed by atoms with Crippen LogP contribution in [0.15, 0.2) is 161 Å². The van der Waals surface area contributed by atoms with Crippen LogP contribution in [0.1, 0.15) is 31.4 Å². The van der Waals surface area contributed by atoms with Crippen LogP contribution in [0, 0.1) is 5.92 Å². The number of allylic oxidation sites excluding steroid dienone is 3. The smallest absolute Gasteiger partial charge is 0.155 e. The van der Waals surface area contributed by atoms with E-state index in [4.69, 9.17) is 9.98 Å². The number of nitrogens with zero attached hydrogens (tertiary/aromatic N) is 3. The van der Waals surface area contributed by atoms with Crippen molar-refractivity contribution >= 4 is 75.6 Å². The first-order valence-electron chi connectivity index (χ1n) is 17.0. The molecule has 236 valence electrons. The predicted octanol–water partition coefficient (Wildman–Crippen LogP) is 12.1. The van der Waals surface area contributed by atoms with Crippen molar-refractivity contribution in [3.63, 3.8) is 0 Å². The molecule has 3 nitrogen and oxygen atoms in total. The lowest BCUT2D eigenvalue weighted by molar-refractivity contribution is 0.671. The van der Waals surface area contributed by atoms with Crippen LogP contribution in [-0.2, 0) is 0 Å². The number of para-hydroxylation sites is 1. The third-order valence-electron chi connectivity index (χ3n) is 9.99. The zero-order valence-corrected chi connectivity index (χ0v) is 28.4. The molecule has 4 heteroatoms. The summed E-state index contributed by atoms with van der Waals surface area (Å²) < 4.78 is 5.12. The van der Waals surface area contributed by atoms with Crippen molar-refractivity contribution in [2.24, 2.45) is 15.9 Å². The summed E-state index contributed by atoms with van der Waals surface area (Å²) in [7, 11) is 0. The van der Waals surface area contributed by atoms with Gasteiger partial charge in [-0.05, 0) is 60.1 Å². The fourth-order valence-electron chi connectivity index (χ4n) is 7.33. The molecule has 0 radical (unpaired) electrons. The highest BCUT2D eigenvalue weighted by molar-refractivity contribution is 7.26. The van der Waals surface area contributed by atoms with Crippen LogP contribution in [0.2, 0.25) is 0 Å². The van der Waals surface area contributed by atoms with Gasteiger partial charge in [0.1, 0.15) is 0 Å². The first-order valence-corrected chi connectivity index (χ1v) is 17.8. The van der Waals surface area contributed by atoms with E-state index >= 15 is 0 Å². The number of fused-ring (bicyclic) bond motifs is 9. The summed E-state index contributed by atoms with van der Waals surface area (Å²) in [6, 6.07) is 45.9. The van der Waals surface area contributed by atoms with Crippen molar-refractivity contribution in [1.82, 2.24) is 4.57 Å². The van der Waals surface area contributed by atoms with Crippen molar-refractivity contribution in [1.29, 1.82) is 0 Å². The predicted molar refractivity (Wildman–Crippen MR) is 212 cm³/mol. The molecule has 1 aliphatic rings. The third kappa shape index (κ3) is 5.11. The molecular formula is C45H35N3S. The van der Waals surface area contributed by atoms with Gasteiger partial charge in [0.05, 0.1) is 17.6 Å². The number of aromatic nitrogens is 1. The topological polar surface area (TPSA) is 29.6 Å². The van der Waals surface area contributed by atoms with Gasteiger partial charge in [0, 0.05) is 53.3 Å². The van der Waals surface area contributed by atoms with Crippen LogP contribution in [0.3, 0.4) is 0 Å². The van der Waals surface area contributed by atoms with Crippen LogP contribution in [0.5, 0.6) is 0 Å². The molecule has 2 heterocycles. The van der Waals surface area contributed by atoms with Crippen molar-refractivity contribution in [2.45, 2.75) is 20.3 Å². The molecule has 1 aliphatic carbocycles. The molecule has 1 unspecified atom stereocenters. The molecule has 8 aromatic rings. The normalized spacial score (nSPS) is 15.6. The monoisotopic (exact) mass is 649 g/mol. The molecule has 0 amide bonds. The molecule has 9 rings (SSSR count). The lowest BCUT2D eigenvalue weighted by Crippen LogP contribution is -2.08. The van der Waals surface area contributed by atoms with Crippen molar-refractivity contribution in [3.8, 4) is 5.69 Å². The minimum Gasteiger partial charge on any atom is -0.309 e. The van der Waals surface area contributed by atoms with E-state index in [0.29, 0.717) is 12.5 Å². The van der Waals surface area contributed by atoms with E-state index in [2.05, 4.69) is 158 Å². The van der Waals surface area contributed by atoms with E-state index in [1.54, 1.807) is 0 Å². The SMILES string of the molecule is CC(=NC(=NCC1=CC=CCC1C)c1ccccc1)c1ccc(-n2c3ccccc3c3ccc4ccc5c6ccccc6sc5c4c32)cc1. The summed E-state index contributed by atoms with van der Waals surface area (Å²) >= 11 is 1.90. The van der Waals surface area contributed by atoms with Crippen LogP contribution < -0.4 is 0 Å². The molecular weight excluding hydrogens is 615 g/mol. The molecule has 0 aliphatic heterocycles. The number of benzene rings is 6. The maximum atomic E-state index is 5.13. The molecule has 0 fully saturated rings. The van der Waals surface area contributed by atoms with Crippen molar-refractivity contribution in [3.05, 3.63) is 162 Å². The number of hydrogen-bond donors (Lipinski definition) is 0. The Labute approximate surface area is 289 Å². The Kier molecular flexibility index (Phi) is 7.32. The first-order chi connectivity index (χ1) is 24.1. The Hall–Kier alpha value is -5.58. The number of amidine groups is 1. The summed E-state index contributed by atoms with van der Waals surface area (Å²) in [5.41, 5.74) is 8.01. The number of rotatable bonds is 5. The highest BCUT2D eigenvalue weighted by Crippen LogP contribution is 2.44. The maximum absolute atomic E-state index is 5.13. The van der Waals surface area contributed by atoms with Gasteiger partial charge in [0.15, 0.2) is 5.84 Å². The van der Waals surface area contributed by atoms with Gasteiger partial charge in [-0.2, -0.15) is 0 Å². The third-order valence-corrected chi connectivity index (χ3v) is 11.2. The first kappa shape index (κ1) is 29.6. The highest BCUT2D eigenvalue weighted by atomic mass is 32.1. The number of aliphatic imine (C=N–C) groups is 2. The molecule has 0 bridgehead atoms. The van der Waals surface area contributed by atoms with Gasteiger partial charge in [-0.1, -0.05) is 128 Å². The zero-order valence-electron chi connectivity index (χ0n) is 27.6. The fraction of sp³-hybridized carbons (Fsp3) is 0.111. The second-order valence-corrected chi connectivity index (χ2v) is 14.1. The van der Waals surface area contributed by atoms with Crippen LogP contribution >= 0.6 is 11.3 Å². The van der Waals surface area contributed by atoms with E-state index < -0.39 is 0 Å². The minimum absolute atomic E-state index is 0.497. The summed E-state index contributed by atoms with van der Waals surface area (Å²) in [5, 5.41) is 7.76. The van der Waals surface area contributed by atoms with E-state index in [1.165, 1.54) is 58.3 Å². The summed E-state index contributed by atoms with van der Waals surface area (Å²) in [6.45, 7) is 5.01. The average molecular weight is 650 g/mol. The van der Waals surface area contributed by atoms with Gasteiger partial charge in [-0.25, -0.2) is 4.99 Å². The molecule has 49 heavy (non-hydrogen) atoms. The Morgan fingerprint density at radius 1 is 0.735 bits per heavy atom. The molecule has 0 saturated carbocycles. The second kappa shape index (κ2) is 12.1. The molecule has 0 spiro atoms. The number of hydrogen-bond acceptors (Lipinski definition) is 2. The summed E-state index contributed by atoms with van der Waals surface area (Å²) in [5.74, 6) is 1.27. The molecule has 0 N–H and O–H groups in total. The zero-order chi connectivity index (χ0) is 32.9. The molecule has 1 atom stereocenters. The van der Waals surface area contributed by atoms with Gasteiger partial charge in [-0.3, -0.25) is 4.99 Å². The van der Waals surface area contributed by atoms with E-state index in [1.807, 2.05) is 17.4 Å². The Morgan fingerprint density at radius 3 is 2.29 bits per heavy atom. The molecule has 2 aromatic heterocycles. The van der Waals surface area contributed by atoms with Gasteiger partial charge in [0.2, 0.25) is 0 Å². The minimum atomic E-state index is 0.497. The maximum Gasteiger partial charge on any atom is 0.155 e. The van der Waals surface area contributed by atoms with Gasteiger partial charge in [-0.15, -0.1) is 11.3 Å². The standard InChI is InChI=1S/C45H35N3S/c1-29-12-6-7-15-34(29)28-46-45(33-13-4-3-5-14-33)47-30(2)31-20-24-35(25-21-31)48-40-18-10-8-16-36(40)38-26-22-32-23-27-39-37-17-9-11-19-41(37)49-44(39)42(32)43(38)48/h3-11,13-27,29H,12,28H2,1-2H3. The van der Waals surface area contributed by atoms with Crippen LogP contribution in [0.25, 0.3) is 58.4 Å². The van der Waals surface area contributed by atoms with E-state index in [-0.39, 0.29) is 0 Å². The second-order valence-electron chi connectivity index (χ2n) is 13.0. The van der Waals surface area contributed by atoms with Gasteiger partial charge in [0.25, 0.3) is 0 Å². The van der Waals surface area contributed by atoms with Gasteiger partial charge < -0.3 is 4.57 Å². The van der Waals surface area contributed by atoms with E-state index in [0.717, 1.165) is 34.8 Å². The lowest BCUT2D eigenvalue weighted by atomic mass is 9.93. The van der Waals surface area contributed by atoms with Gasteiger partial charge >= 0.3 is 0 Å². The van der Waals surface area contributed by atoms with Crippen LogP contribution in [-0.4, -0.2) is 22.7 Å². The largest absolute Gasteiger partial charge is 0.309 e. The quantitative estimate of drug-likeness (QED) is 0.131. The van der Waals surface area contributed by atoms with Crippen LogP contribution in [0.4, 0.5) is 0 Å². The highest BCUT2D eigenvalue weighted by Gasteiger charge is 2.18. The van der Waals surface area contributed by atoms with Crippen molar-refractivity contribution < 1.29 is 0 Å². The molecule has 6 aromatic carbocycles. The Bertz CT molecular complexity index is 2660.